The first-order chi connectivity index (χ1) is 15.4. The van der Waals surface area contributed by atoms with Crippen LogP contribution >= 0.6 is 0 Å². The number of anilines is 2. The Hall–Kier alpha value is -4.32. The third kappa shape index (κ3) is 3.63. The van der Waals surface area contributed by atoms with Gasteiger partial charge < -0.3 is 9.84 Å². The van der Waals surface area contributed by atoms with Gasteiger partial charge in [-0.2, -0.15) is 18.3 Å². The lowest BCUT2D eigenvalue weighted by Gasteiger charge is -2.09. The van der Waals surface area contributed by atoms with E-state index >= 15 is 0 Å². The topological polar surface area (TPSA) is 79.6 Å². The van der Waals surface area contributed by atoms with E-state index in [2.05, 4.69) is 37.5 Å². The van der Waals surface area contributed by atoms with Crippen molar-refractivity contribution in [2.24, 2.45) is 0 Å². The summed E-state index contributed by atoms with van der Waals surface area (Å²) >= 11 is 0. The third-order valence-electron chi connectivity index (χ3n) is 4.93. The Morgan fingerprint density at radius 3 is 2.78 bits per heavy atom. The van der Waals surface area contributed by atoms with E-state index in [9.17, 15) is 13.2 Å². The van der Waals surface area contributed by atoms with Crippen LogP contribution < -0.4 is 5.32 Å². The van der Waals surface area contributed by atoms with Crippen LogP contribution in [0.1, 0.15) is 22.3 Å². The van der Waals surface area contributed by atoms with Gasteiger partial charge in [-0.05, 0) is 42.8 Å². The van der Waals surface area contributed by atoms with Crippen LogP contribution in [0.25, 0.3) is 22.0 Å². The molecule has 0 aliphatic carbocycles. The van der Waals surface area contributed by atoms with E-state index in [4.69, 9.17) is 4.52 Å². The van der Waals surface area contributed by atoms with Crippen molar-refractivity contribution in [1.82, 2.24) is 20.3 Å². The van der Waals surface area contributed by atoms with E-state index in [1.54, 1.807) is 18.5 Å². The van der Waals surface area contributed by atoms with Gasteiger partial charge in [0.2, 0.25) is 0 Å². The molecule has 6 nitrogen and oxygen atoms in total. The lowest BCUT2D eigenvalue weighted by molar-refractivity contribution is -0.137. The van der Waals surface area contributed by atoms with Gasteiger partial charge in [-0.15, -0.1) is 0 Å². The number of aromatic amines is 1. The smallest absolute Gasteiger partial charge is 0.353 e. The molecule has 2 N–H and O–H groups in total. The van der Waals surface area contributed by atoms with Gasteiger partial charge in [-0.1, -0.05) is 29.1 Å². The second kappa shape index (κ2) is 7.42. The van der Waals surface area contributed by atoms with Crippen molar-refractivity contribution in [2.75, 3.05) is 5.32 Å². The Bertz CT molecular complexity index is 1520. The van der Waals surface area contributed by atoms with E-state index in [-0.39, 0.29) is 5.69 Å². The number of H-pyrrole nitrogens is 1. The summed E-state index contributed by atoms with van der Waals surface area (Å²) in [5, 5.41) is 15.1. The average molecular weight is 433 g/mol. The number of aromatic nitrogens is 4. The normalized spacial score (nSPS) is 11.5. The maximum Gasteiger partial charge on any atom is 0.416 e. The molecule has 5 rings (SSSR count). The molecule has 0 unspecified atom stereocenters. The number of alkyl halides is 3. The highest BCUT2D eigenvalue weighted by Gasteiger charge is 2.30. The minimum Gasteiger partial charge on any atom is -0.353 e. The molecule has 9 heteroatoms. The molecule has 2 aromatic carbocycles. The molecule has 3 heterocycles. The molecular formula is C23H14F3N5O. The van der Waals surface area contributed by atoms with Crippen molar-refractivity contribution in [3.63, 3.8) is 0 Å². The zero-order valence-electron chi connectivity index (χ0n) is 16.6. The van der Waals surface area contributed by atoms with Crippen LogP contribution in [-0.4, -0.2) is 20.3 Å². The number of benzene rings is 2. The minimum absolute atomic E-state index is 0.253. The summed E-state index contributed by atoms with van der Waals surface area (Å²) in [5.41, 5.74) is 2.85. The fraction of sp³-hybridized carbons (Fsp3) is 0.0870. The summed E-state index contributed by atoms with van der Waals surface area (Å²) in [4.78, 5) is 4.27. The Morgan fingerprint density at radius 2 is 1.94 bits per heavy atom. The summed E-state index contributed by atoms with van der Waals surface area (Å²) in [6.45, 7) is 1.89. The molecule has 3 aromatic heterocycles. The molecule has 0 bridgehead atoms. The van der Waals surface area contributed by atoms with Crippen molar-refractivity contribution in [3.8, 4) is 11.8 Å². The monoisotopic (exact) mass is 433 g/mol. The third-order valence-corrected chi connectivity index (χ3v) is 4.93. The van der Waals surface area contributed by atoms with Crippen LogP contribution in [0, 0.1) is 18.8 Å². The predicted molar refractivity (Wildman–Crippen MR) is 113 cm³/mol. The Labute approximate surface area is 179 Å². The zero-order valence-corrected chi connectivity index (χ0v) is 16.6. The van der Waals surface area contributed by atoms with E-state index < -0.39 is 11.7 Å². The molecule has 32 heavy (non-hydrogen) atoms. The average Bonchev–Trinajstić information content (AvgIpc) is 3.39. The number of nitrogens with one attached hydrogen (secondary N) is 2. The highest BCUT2D eigenvalue weighted by atomic mass is 19.4. The van der Waals surface area contributed by atoms with E-state index in [0.717, 1.165) is 23.1 Å². The second-order valence-electron chi connectivity index (χ2n) is 7.15. The first-order valence-electron chi connectivity index (χ1n) is 9.53. The number of fused-ring (bicyclic) bond motifs is 2. The minimum atomic E-state index is -4.43. The maximum atomic E-state index is 13.0. The molecule has 0 aliphatic rings. The number of nitrogens with zero attached hydrogens (tertiary/aromatic N) is 3. The Morgan fingerprint density at radius 1 is 1.06 bits per heavy atom. The van der Waals surface area contributed by atoms with Crippen LogP contribution in [0.3, 0.4) is 0 Å². The van der Waals surface area contributed by atoms with Gasteiger partial charge in [0.15, 0.2) is 17.0 Å². The number of rotatable bonds is 2. The van der Waals surface area contributed by atoms with Crippen molar-refractivity contribution < 1.29 is 17.7 Å². The molecule has 0 atom stereocenters. The fourth-order valence-electron chi connectivity index (χ4n) is 3.30. The lowest BCUT2D eigenvalue weighted by atomic mass is 10.1. The summed E-state index contributed by atoms with van der Waals surface area (Å²) < 4.78 is 44.5. The molecule has 158 valence electrons. The Kier molecular flexibility index (Phi) is 4.56. The maximum absolute atomic E-state index is 13.0. The van der Waals surface area contributed by atoms with Crippen LogP contribution in [0.2, 0.25) is 0 Å². The SMILES string of the molecule is Cc1ccc2c(Nc3cccc(C(F)(F)F)c3)noc2c1C#Cc1cnc2[nH]ncc2c1. The molecule has 0 spiro atoms. The van der Waals surface area contributed by atoms with Crippen molar-refractivity contribution in [2.45, 2.75) is 13.1 Å². The van der Waals surface area contributed by atoms with Crippen molar-refractivity contribution in [1.29, 1.82) is 0 Å². The van der Waals surface area contributed by atoms with E-state index in [1.807, 2.05) is 19.1 Å². The summed E-state index contributed by atoms with van der Waals surface area (Å²) in [6.07, 6.45) is -1.12. The number of aryl methyl sites for hydroxylation is 1. The highest BCUT2D eigenvalue weighted by Crippen LogP contribution is 2.33. The number of pyridine rings is 1. The van der Waals surface area contributed by atoms with Gasteiger partial charge in [0.1, 0.15) is 0 Å². The van der Waals surface area contributed by atoms with Gasteiger partial charge in [0, 0.05) is 22.8 Å². The molecular weight excluding hydrogens is 419 g/mol. The molecule has 0 fully saturated rings. The van der Waals surface area contributed by atoms with Gasteiger partial charge in [0.05, 0.1) is 22.7 Å². The summed E-state index contributed by atoms with van der Waals surface area (Å²) in [5.74, 6) is 6.49. The van der Waals surface area contributed by atoms with Crippen molar-refractivity contribution >= 4 is 33.5 Å². The first-order valence-corrected chi connectivity index (χ1v) is 9.53. The Balaban J connectivity index is 1.51. The zero-order chi connectivity index (χ0) is 22.3. The summed E-state index contributed by atoms with van der Waals surface area (Å²) in [7, 11) is 0. The van der Waals surface area contributed by atoms with Crippen LogP contribution in [0.4, 0.5) is 24.7 Å². The molecule has 5 aromatic rings. The molecule has 0 saturated heterocycles. The first kappa shape index (κ1) is 19.6. The van der Waals surface area contributed by atoms with Gasteiger partial charge in [-0.3, -0.25) is 5.10 Å². The molecule has 0 amide bonds. The van der Waals surface area contributed by atoms with Gasteiger partial charge in [0.25, 0.3) is 0 Å². The summed E-state index contributed by atoms with van der Waals surface area (Å²) in [6, 6.07) is 10.4. The molecule has 0 saturated carbocycles. The molecule has 0 aliphatic heterocycles. The van der Waals surface area contributed by atoms with E-state index in [1.165, 1.54) is 12.1 Å². The standard InChI is InChI=1S/C23H14F3N5O/c1-13-5-7-19-20(18(13)8-6-14-9-15-12-28-30-21(15)27-11-14)32-31-22(19)29-17-4-2-3-16(10-17)23(24,25)26/h2-5,7,9-12H,1H3,(H,29,31)(H,27,28,30). The highest BCUT2D eigenvalue weighted by molar-refractivity contribution is 5.94. The van der Waals surface area contributed by atoms with Gasteiger partial charge in [-0.25, -0.2) is 4.98 Å². The van der Waals surface area contributed by atoms with Crippen LogP contribution in [-0.2, 0) is 6.18 Å². The van der Waals surface area contributed by atoms with Gasteiger partial charge >= 0.3 is 6.18 Å². The number of halogens is 3. The van der Waals surface area contributed by atoms with Crippen LogP contribution in [0.15, 0.2) is 59.4 Å². The largest absolute Gasteiger partial charge is 0.416 e. The fourth-order valence-corrected chi connectivity index (χ4v) is 3.30. The lowest BCUT2D eigenvalue weighted by Crippen LogP contribution is -2.05. The van der Waals surface area contributed by atoms with Crippen molar-refractivity contribution in [3.05, 3.63) is 77.1 Å². The number of hydrogen-bond acceptors (Lipinski definition) is 5. The number of hydrogen-bond donors (Lipinski definition) is 2. The quantitative estimate of drug-likeness (QED) is 0.356. The molecule has 0 radical (unpaired) electrons. The predicted octanol–water partition coefficient (Wildman–Crippen LogP) is 5.57. The van der Waals surface area contributed by atoms with E-state index in [0.29, 0.717) is 33.6 Å². The van der Waals surface area contributed by atoms with Crippen LogP contribution in [0.5, 0.6) is 0 Å². The second-order valence-corrected chi connectivity index (χ2v) is 7.15.